The highest BCUT2D eigenvalue weighted by molar-refractivity contribution is 6.31. The van der Waals surface area contributed by atoms with Gasteiger partial charge in [0.1, 0.15) is 18.8 Å². The van der Waals surface area contributed by atoms with E-state index in [-0.39, 0.29) is 6.42 Å². The Kier molecular flexibility index (Phi) is 10.1. The maximum absolute atomic E-state index is 12.1. The smallest absolute Gasteiger partial charge is 0.249 e. The van der Waals surface area contributed by atoms with Crippen molar-refractivity contribution in [1.82, 2.24) is 5.43 Å². The van der Waals surface area contributed by atoms with E-state index in [0.717, 1.165) is 5.56 Å². The van der Waals surface area contributed by atoms with E-state index in [1.54, 1.807) is 48.5 Å². The highest BCUT2D eigenvalue weighted by Gasteiger charge is 2.10. The number of halogens is 1. The summed E-state index contributed by atoms with van der Waals surface area (Å²) in [5.41, 5.74) is 4.47. The van der Waals surface area contributed by atoms with E-state index in [2.05, 4.69) is 15.8 Å². The molecule has 3 aromatic rings. The molecule has 188 valence electrons. The second-order valence-electron chi connectivity index (χ2n) is 7.49. The topological polar surface area (TPSA) is 98.2 Å². The molecular weight excluding hydrogens is 482 g/mol. The van der Waals surface area contributed by atoms with E-state index in [1.165, 1.54) is 6.21 Å². The highest BCUT2D eigenvalue weighted by atomic mass is 35.5. The Hall–Kier alpha value is -4.04. The summed E-state index contributed by atoms with van der Waals surface area (Å²) in [7, 11) is 0. The average molecular weight is 510 g/mol. The Labute approximate surface area is 215 Å². The van der Waals surface area contributed by atoms with Gasteiger partial charge in [0.05, 0.1) is 19.4 Å². The Morgan fingerprint density at radius 1 is 0.889 bits per heavy atom. The molecule has 0 atom stereocenters. The molecule has 0 heterocycles. The fraction of sp³-hybridized carbons (Fsp3) is 0.222. The molecule has 36 heavy (non-hydrogen) atoms. The first-order valence-corrected chi connectivity index (χ1v) is 11.8. The summed E-state index contributed by atoms with van der Waals surface area (Å²) in [6.45, 7) is 5.06. The van der Waals surface area contributed by atoms with Crippen LogP contribution in [0.25, 0.3) is 0 Å². The molecule has 2 N–H and O–H groups in total. The SMILES string of the molecule is CCOc1ccc(NC(=O)CC(=O)NN=Cc2ccc(OCc3ccccc3Cl)c(OCC)c2)cc1. The zero-order chi connectivity index (χ0) is 25.8. The summed E-state index contributed by atoms with van der Waals surface area (Å²) in [5.74, 6) is 0.804. The van der Waals surface area contributed by atoms with Crippen LogP contribution in [0.4, 0.5) is 5.69 Å². The molecule has 0 aliphatic rings. The molecule has 0 saturated carbocycles. The van der Waals surface area contributed by atoms with Crippen molar-refractivity contribution in [3.63, 3.8) is 0 Å². The number of benzene rings is 3. The van der Waals surface area contributed by atoms with Gasteiger partial charge in [-0.2, -0.15) is 5.10 Å². The molecule has 0 fully saturated rings. The minimum Gasteiger partial charge on any atom is -0.494 e. The van der Waals surface area contributed by atoms with Crippen LogP contribution in [0.1, 0.15) is 31.4 Å². The maximum atomic E-state index is 12.1. The van der Waals surface area contributed by atoms with Gasteiger partial charge in [-0.1, -0.05) is 29.8 Å². The van der Waals surface area contributed by atoms with Crippen LogP contribution in [0.3, 0.4) is 0 Å². The summed E-state index contributed by atoms with van der Waals surface area (Å²) in [5, 5.41) is 7.22. The number of ether oxygens (including phenoxy) is 3. The number of amides is 2. The summed E-state index contributed by atoms with van der Waals surface area (Å²) in [4.78, 5) is 24.2. The first kappa shape index (κ1) is 26.6. The molecule has 0 saturated heterocycles. The molecule has 0 aliphatic carbocycles. The van der Waals surface area contributed by atoms with Gasteiger partial charge in [0.15, 0.2) is 11.5 Å². The number of hydrogen-bond acceptors (Lipinski definition) is 6. The lowest BCUT2D eigenvalue weighted by molar-refractivity contribution is -0.126. The molecule has 9 heteroatoms. The Morgan fingerprint density at radius 2 is 1.64 bits per heavy atom. The van der Waals surface area contributed by atoms with Gasteiger partial charge < -0.3 is 19.5 Å². The van der Waals surface area contributed by atoms with Gasteiger partial charge in [0.25, 0.3) is 0 Å². The number of rotatable bonds is 12. The van der Waals surface area contributed by atoms with Crippen LogP contribution in [-0.4, -0.2) is 31.2 Å². The average Bonchev–Trinajstić information content (AvgIpc) is 2.86. The molecule has 3 aromatic carbocycles. The van der Waals surface area contributed by atoms with Gasteiger partial charge in [-0.3, -0.25) is 9.59 Å². The van der Waals surface area contributed by atoms with Crippen LogP contribution in [0, 0.1) is 0 Å². The summed E-state index contributed by atoms with van der Waals surface area (Å²) >= 11 is 6.19. The first-order valence-electron chi connectivity index (χ1n) is 11.5. The monoisotopic (exact) mass is 509 g/mol. The minimum atomic E-state index is -0.542. The molecule has 0 radical (unpaired) electrons. The van der Waals surface area contributed by atoms with Crippen molar-refractivity contribution in [2.75, 3.05) is 18.5 Å². The second-order valence-corrected chi connectivity index (χ2v) is 7.90. The number of carbonyl (C=O) groups excluding carboxylic acids is 2. The zero-order valence-electron chi connectivity index (χ0n) is 20.1. The predicted octanol–water partition coefficient (Wildman–Crippen LogP) is 5.20. The third-order valence-electron chi connectivity index (χ3n) is 4.78. The Balaban J connectivity index is 1.52. The van der Waals surface area contributed by atoms with Crippen molar-refractivity contribution < 1.29 is 23.8 Å². The molecule has 0 spiro atoms. The molecule has 0 unspecified atom stereocenters. The van der Waals surface area contributed by atoms with Crippen molar-refractivity contribution in [3.8, 4) is 17.2 Å². The normalized spacial score (nSPS) is 10.6. The van der Waals surface area contributed by atoms with E-state index in [0.29, 0.717) is 53.3 Å². The third kappa shape index (κ3) is 8.32. The third-order valence-corrected chi connectivity index (χ3v) is 5.15. The van der Waals surface area contributed by atoms with E-state index in [4.69, 9.17) is 25.8 Å². The lowest BCUT2D eigenvalue weighted by atomic mass is 10.2. The maximum Gasteiger partial charge on any atom is 0.249 e. The van der Waals surface area contributed by atoms with Gasteiger partial charge in [0, 0.05) is 16.3 Å². The number of nitrogens with zero attached hydrogens (tertiary/aromatic N) is 1. The van der Waals surface area contributed by atoms with Crippen molar-refractivity contribution in [2.24, 2.45) is 5.10 Å². The van der Waals surface area contributed by atoms with Gasteiger partial charge in [-0.05, 0) is 67.9 Å². The number of hydrazone groups is 1. The molecule has 8 nitrogen and oxygen atoms in total. The fourth-order valence-corrected chi connectivity index (χ4v) is 3.32. The largest absolute Gasteiger partial charge is 0.494 e. The van der Waals surface area contributed by atoms with E-state index >= 15 is 0 Å². The van der Waals surface area contributed by atoms with Gasteiger partial charge >= 0.3 is 0 Å². The standard InChI is InChI=1S/C27H28ClN3O5/c1-3-34-22-12-10-21(11-13-22)30-26(32)16-27(33)31-29-17-19-9-14-24(25(15-19)35-4-2)36-18-20-7-5-6-8-23(20)28/h5-15,17H,3-4,16,18H2,1-2H3,(H,30,32)(H,31,33). The van der Waals surface area contributed by atoms with Crippen molar-refractivity contribution >= 4 is 35.3 Å². The lowest BCUT2D eigenvalue weighted by Gasteiger charge is -2.13. The molecule has 0 aliphatic heterocycles. The van der Waals surface area contributed by atoms with E-state index in [9.17, 15) is 9.59 Å². The van der Waals surface area contributed by atoms with Gasteiger partial charge in [-0.15, -0.1) is 0 Å². The Bertz CT molecular complexity index is 1200. The fourth-order valence-electron chi connectivity index (χ4n) is 3.13. The van der Waals surface area contributed by atoms with Crippen molar-refractivity contribution in [1.29, 1.82) is 0 Å². The van der Waals surface area contributed by atoms with Crippen molar-refractivity contribution in [3.05, 3.63) is 82.9 Å². The summed E-state index contributed by atoms with van der Waals surface area (Å²) in [6.07, 6.45) is 1.09. The summed E-state index contributed by atoms with van der Waals surface area (Å²) in [6, 6.07) is 19.6. The van der Waals surface area contributed by atoms with E-state index < -0.39 is 11.8 Å². The predicted molar refractivity (Wildman–Crippen MR) is 140 cm³/mol. The van der Waals surface area contributed by atoms with Crippen molar-refractivity contribution in [2.45, 2.75) is 26.9 Å². The molecule has 2 amide bonds. The molecule has 0 aromatic heterocycles. The van der Waals surface area contributed by atoms with Crippen LogP contribution in [0.15, 0.2) is 71.8 Å². The number of anilines is 1. The number of hydrogen-bond donors (Lipinski definition) is 2. The van der Waals surface area contributed by atoms with Crippen LogP contribution in [0.2, 0.25) is 5.02 Å². The van der Waals surface area contributed by atoms with Crippen LogP contribution in [0.5, 0.6) is 17.2 Å². The van der Waals surface area contributed by atoms with Gasteiger partial charge in [0.2, 0.25) is 11.8 Å². The molecule has 3 rings (SSSR count). The summed E-state index contributed by atoms with van der Waals surface area (Å²) < 4.78 is 16.9. The van der Waals surface area contributed by atoms with E-state index in [1.807, 2.05) is 32.0 Å². The second kappa shape index (κ2) is 13.7. The number of nitrogens with one attached hydrogen (secondary N) is 2. The van der Waals surface area contributed by atoms with Gasteiger partial charge in [-0.25, -0.2) is 5.43 Å². The lowest BCUT2D eigenvalue weighted by Crippen LogP contribution is -2.24. The molecular formula is C27H28ClN3O5. The zero-order valence-corrected chi connectivity index (χ0v) is 20.9. The number of carbonyl (C=O) groups is 2. The van der Waals surface area contributed by atoms with Crippen LogP contribution < -0.4 is 25.0 Å². The quantitative estimate of drug-likeness (QED) is 0.199. The minimum absolute atomic E-state index is 0.294. The highest BCUT2D eigenvalue weighted by Crippen LogP contribution is 2.29. The van der Waals surface area contributed by atoms with Crippen LogP contribution >= 0.6 is 11.6 Å². The first-order chi connectivity index (χ1) is 17.5. The Morgan fingerprint density at radius 3 is 2.36 bits per heavy atom. The van der Waals surface area contributed by atoms with Crippen LogP contribution in [-0.2, 0) is 16.2 Å². The molecule has 0 bridgehead atoms.